The third-order valence-electron chi connectivity index (χ3n) is 6.03. The molecule has 7 heteroatoms. The maximum atomic E-state index is 15.1. The van der Waals surface area contributed by atoms with Gasteiger partial charge in [0.2, 0.25) is 5.91 Å². The minimum absolute atomic E-state index is 0.0267. The van der Waals surface area contributed by atoms with Gasteiger partial charge in [0.05, 0.1) is 12.2 Å². The van der Waals surface area contributed by atoms with Crippen molar-refractivity contribution in [1.29, 1.82) is 0 Å². The van der Waals surface area contributed by atoms with E-state index in [0.29, 0.717) is 18.8 Å². The zero-order chi connectivity index (χ0) is 21.4. The van der Waals surface area contributed by atoms with Gasteiger partial charge in [0.1, 0.15) is 0 Å². The van der Waals surface area contributed by atoms with Crippen LogP contribution in [0.4, 0.5) is 10.1 Å². The van der Waals surface area contributed by atoms with Gasteiger partial charge in [-0.3, -0.25) is 14.6 Å². The summed E-state index contributed by atoms with van der Waals surface area (Å²) in [7, 11) is 0. The number of ether oxygens (including phenoxy) is 1. The lowest BCUT2D eigenvalue weighted by molar-refractivity contribution is -0.130. The van der Waals surface area contributed by atoms with E-state index in [1.807, 2.05) is 25.1 Å². The second-order valence-corrected chi connectivity index (χ2v) is 8.09. The van der Waals surface area contributed by atoms with Gasteiger partial charge < -0.3 is 14.5 Å². The fraction of sp³-hybridized carbons (Fsp3) is 0.435. The SMILES string of the molecule is CC(=O)N1CCCC(c2cc(F)c3c(c2)N(Cc2cccnc2C)C(=O)[C@@H](C)O3)C1. The van der Waals surface area contributed by atoms with E-state index < -0.39 is 11.9 Å². The normalized spacial score (nSPS) is 21.3. The lowest BCUT2D eigenvalue weighted by Gasteiger charge is -2.36. The maximum absolute atomic E-state index is 15.1. The van der Waals surface area contributed by atoms with Crippen LogP contribution in [0.2, 0.25) is 0 Å². The smallest absolute Gasteiger partial charge is 0.268 e. The van der Waals surface area contributed by atoms with Gasteiger partial charge in [0, 0.05) is 37.8 Å². The highest BCUT2D eigenvalue weighted by Crippen LogP contribution is 2.41. The van der Waals surface area contributed by atoms with Crippen molar-refractivity contribution in [2.24, 2.45) is 0 Å². The van der Waals surface area contributed by atoms with Gasteiger partial charge in [0.25, 0.3) is 5.91 Å². The maximum Gasteiger partial charge on any atom is 0.268 e. The van der Waals surface area contributed by atoms with Crippen LogP contribution in [0.1, 0.15) is 49.4 Å². The van der Waals surface area contributed by atoms with Crippen molar-refractivity contribution < 1.29 is 18.7 Å². The zero-order valence-corrected chi connectivity index (χ0v) is 17.5. The third kappa shape index (κ3) is 3.76. The number of rotatable bonds is 3. The molecule has 0 radical (unpaired) electrons. The van der Waals surface area contributed by atoms with E-state index in [9.17, 15) is 9.59 Å². The number of pyridine rings is 1. The third-order valence-corrected chi connectivity index (χ3v) is 6.03. The molecule has 2 atom stereocenters. The van der Waals surface area contributed by atoms with Crippen molar-refractivity contribution in [3.05, 3.63) is 53.1 Å². The molecule has 0 aliphatic carbocycles. The van der Waals surface area contributed by atoms with Gasteiger partial charge in [-0.15, -0.1) is 0 Å². The highest BCUT2D eigenvalue weighted by Gasteiger charge is 2.35. The van der Waals surface area contributed by atoms with Crippen molar-refractivity contribution in [1.82, 2.24) is 9.88 Å². The molecule has 2 aliphatic heterocycles. The van der Waals surface area contributed by atoms with Crippen molar-refractivity contribution in [2.45, 2.75) is 52.2 Å². The molecule has 2 aliphatic rings. The van der Waals surface area contributed by atoms with Crippen LogP contribution in [0.5, 0.6) is 5.75 Å². The van der Waals surface area contributed by atoms with Crippen molar-refractivity contribution in [3.63, 3.8) is 0 Å². The summed E-state index contributed by atoms with van der Waals surface area (Å²) < 4.78 is 20.7. The first-order chi connectivity index (χ1) is 14.3. The Morgan fingerprint density at radius 1 is 1.37 bits per heavy atom. The Balaban J connectivity index is 1.72. The molecule has 158 valence electrons. The average molecular weight is 411 g/mol. The summed E-state index contributed by atoms with van der Waals surface area (Å²) in [6.45, 7) is 6.66. The molecule has 1 fully saturated rings. The Kier molecular flexibility index (Phi) is 5.45. The van der Waals surface area contributed by atoms with E-state index in [4.69, 9.17) is 4.74 Å². The van der Waals surface area contributed by atoms with E-state index in [1.165, 1.54) is 6.07 Å². The van der Waals surface area contributed by atoms with Crippen LogP contribution in [0.15, 0.2) is 30.5 Å². The highest BCUT2D eigenvalue weighted by molar-refractivity contribution is 6.00. The number of aryl methyl sites for hydroxylation is 1. The molecule has 2 amide bonds. The van der Waals surface area contributed by atoms with Crippen LogP contribution >= 0.6 is 0 Å². The summed E-state index contributed by atoms with van der Waals surface area (Å²) in [6, 6.07) is 7.08. The largest absolute Gasteiger partial charge is 0.476 e. The predicted molar refractivity (Wildman–Crippen MR) is 111 cm³/mol. The molecule has 0 bridgehead atoms. The number of benzene rings is 1. The lowest BCUT2D eigenvalue weighted by Crippen LogP contribution is -2.44. The van der Waals surface area contributed by atoms with Gasteiger partial charge >= 0.3 is 0 Å². The number of amides is 2. The van der Waals surface area contributed by atoms with Crippen LogP contribution in [0.3, 0.4) is 0 Å². The summed E-state index contributed by atoms with van der Waals surface area (Å²) in [5, 5.41) is 0. The second kappa shape index (κ2) is 8.05. The standard InChI is InChI=1S/C23H26FN3O3/c1-14-17(6-4-8-25-14)13-27-21-11-19(18-7-5-9-26(12-18)16(3)28)10-20(24)22(21)30-15(2)23(27)29/h4,6,8,10-11,15,18H,5,7,9,12-13H2,1-3H3/t15-,18?/m1/s1. The van der Waals surface area contributed by atoms with Crippen LogP contribution in [0.25, 0.3) is 0 Å². The predicted octanol–water partition coefficient (Wildman–Crippen LogP) is 3.57. The van der Waals surface area contributed by atoms with Crippen molar-refractivity contribution in [3.8, 4) is 5.75 Å². The Morgan fingerprint density at radius 3 is 2.90 bits per heavy atom. The molecule has 1 aromatic heterocycles. The number of hydrogen-bond donors (Lipinski definition) is 0. The quantitative estimate of drug-likeness (QED) is 0.775. The highest BCUT2D eigenvalue weighted by atomic mass is 19.1. The number of likely N-dealkylation sites (tertiary alicyclic amines) is 1. The molecule has 2 aromatic rings. The number of halogens is 1. The Hall–Kier alpha value is -2.96. The molecule has 0 N–H and O–H groups in total. The molecule has 3 heterocycles. The first-order valence-electron chi connectivity index (χ1n) is 10.3. The number of anilines is 1. The molecule has 1 aromatic carbocycles. The van der Waals surface area contributed by atoms with Crippen LogP contribution in [-0.4, -0.2) is 40.9 Å². The van der Waals surface area contributed by atoms with E-state index in [0.717, 1.165) is 36.2 Å². The number of carbonyl (C=O) groups excluding carboxylic acids is 2. The molecule has 1 saturated heterocycles. The minimum Gasteiger partial charge on any atom is -0.476 e. The van der Waals surface area contributed by atoms with Crippen LogP contribution in [0, 0.1) is 12.7 Å². The van der Waals surface area contributed by atoms with Crippen molar-refractivity contribution >= 4 is 17.5 Å². The molecule has 30 heavy (non-hydrogen) atoms. The topological polar surface area (TPSA) is 62.7 Å². The fourth-order valence-electron chi connectivity index (χ4n) is 4.27. The molecular weight excluding hydrogens is 385 g/mol. The fourth-order valence-corrected chi connectivity index (χ4v) is 4.27. The molecular formula is C23H26FN3O3. The molecule has 0 saturated carbocycles. The summed E-state index contributed by atoms with van der Waals surface area (Å²) in [5.74, 6) is -0.532. The molecule has 4 rings (SSSR count). The van der Waals surface area contributed by atoms with E-state index in [1.54, 1.807) is 29.8 Å². The molecule has 1 unspecified atom stereocenters. The number of piperidine rings is 1. The van der Waals surface area contributed by atoms with E-state index in [-0.39, 0.29) is 23.5 Å². The Morgan fingerprint density at radius 2 is 2.17 bits per heavy atom. The summed E-state index contributed by atoms with van der Waals surface area (Å²) in [4.78, 5) is 32.4. The Bertz CT molecular complexity index is 994. The lowest BCUT2D eigenvalue weighted by atomic mass is 9.89. The monoisotopic (exact) mass is 411 g/mol. The van der Waals surface area contributed by atoms with Gasteiger partial charge in [-0.05, 0) is 56.0 Å². The second-order valence-electron chi connectivity index (χ2n) is 8.09. The van der Waals surface area contributed by atoms with Crippen molar-refractivity contribution in [2.75, 3.05) is 18.0 Å². The first kappa shape index (κ1) is 20.3. The number of carbonyl (C=O) groups is 2. The van der Waals surface area contributed by atoms with Gasteiger partial charge in [-0.1, -0.05) is 6.07 Å². The molecule has 6 nitrogen and oxygen atoms in total. The van der Waals surface area contributed by atoms with E-state index >= 15 is 4.39 Å². The molecule has 0 spiro atoms. The number of hydrogen-bond acceptors (Lipinski definition) is 4. The van der Waals surface area contributed by atoms with Gasteiger partial charge in [-0.2, -0.15) is 0 Å². The first-order valence-corrected chi connectivity index (χ1v) is 10.3. The van der Waals surface area contributed by atoms with Gasteiger partial charge in [-0.25, -0.2) is 4.39 Å². The number of fused-ring (bicyclic) bond motifs is 1. The van der Waals surface area contributed by atoms with Gasteiger partial charge in [0.15, 0.2) is 17.7 Å². The Labute approximate surface area is 175 Å². The minimum atomic E-state index is -0.766. The van der Waals surface area contributed by atoms with E-state index in [2.05, 4.69) is 4.98 Å². The average Bonchev–Trinajstić information content (AvgIpc) is 2.73. The summed E-state index contributed by atoms with van der Waals surface area (Å²) >= 11 is 0. The number of nitrogens with zero attached hydrogens (tertiary/aromatic N) is 3. The summed E-state index contributed by atoms with van der Waals surface area (Å²) in [6.07, 6.45) is 2.68. The zero-order valence-electron chi connectivity index (χ0n) is 17.5. The van der Waals surface area contributed by atoms with Crippen LogP contribution < -0.4 is 9.64 Å². The number of aromatic nitrogens is 1. The van der Waals surface area contributed by atoms with Crippen LogP contribution in [-0.2, 0) is 16.1 Å². The summed E-state index contributed by atoms with van der Waals surface area (Å²) in [5.41, 5.74) is 2.96.